The maximum absolute atomic E-state index is 12.5. The maximum Gasteiger partial charge on any atom is 0.328 e. The number of hydrogen-bond donors (Lipinski definition) is 1. The Balaban J connectivity index is 2.27. The summed E-state index contributed by atoms with van der Waals surface area (Å²) in [6.45, 7) is 6.31. The molecule has 1 aliphatic heterocycles. The van der Waals surface area contributed by atoms with Crippen molar-refractivity contribution in [3.8, 4) is 0 Å². The molecule has 1 amide bonds. The van der Waals surface area contributed by atoms with Crippen molar-refractivity contribution in [3.05, 3.63) is 23.2 Å². The van der Waals surface area contributed by atoms with Gasteiger partial charge in [0.2, 0.25) is 0 Å². The van der Waals surface area contributed by atoms with E-state index < -0.39 is 12.0 Å². The Morgan fingerprint density at radius 1 is 1.45 bits per heavy atom. The van der Waals surface area contributed by atoms with Crippen LogP contribution in [0.3, 0.4) is 0 Å². The number of ether oxygens (including phenoxy) is 1. The molecule has 0 unspecified atom stereocenters. The van der Waals surface area contributed by atoms with Crippen molar-refractivity contribution in [2.24, 2.45) is 0 Å². The van der Waals surface area contributed by atoms with Gasteiger partial charge in [0, 0.05) is 12.5 Å². The number of nitrogens with zero attached hydrogens (tertiary/aromatic N) is 1. The molecule has 0 aliphatic carbocycles. The SMILES string of the molecule is Cc1oc(C(C)C)cc1C(=O)N1CCOC[C@@H]1C(=O)O. The van der Waals surface area contributed by atoms with Gasteiger partial charge >= 0.3 is 5.97 Å². The maximum atomic E-state index is 12.5. The van der Waals surface area contributed by atoms with Gasteiger partial charge in [-0.25, -0.2) is 4.79 Å². The molecular formula is C14H19NO5. The zero-order valence-corrected chi connectivity index (χ0v) is 11.9. The number of carboxylic acids is 1. The van der Waals surface area contributed by atoms with Gasteiger partial charge in [0.25, 0.3) is 5.91 Å². The summed E-state index contributed by atoms with van der Waals surface area (Å²) in [6.07, 6.45) is 0. The zero-order chi connectivity index (χ0) is 14.9. The standard InChI is InChI=1S/C14H19NO5/c1-8(2)12-6-10(9(3)20-12)13(16)15-4-5-19-7-11(15)14(17)18/h6,8,11H,4-5,7H2,1-3H3,(H,17,18)/t11-/m1/s1. The van der Waals surface area contributed by atoms with E-state index in [2.05, 4.69) is 0 Å². The highest BCUT2D eigenvalue weighted by atomic mass is 16.5. The lowest BCUT2D eigenvalue weighted by Crippen LogP contribution is -2.52. The van der Waals surface area contributed by atoms with Gasteiger partial charge in [-0.3, -0.25) is 4.79 Å². The highest BCUT2D eigenvalue weighted by Crippen LogP contribution is 2.24. The lowest BCUT2D eigenvalue weighted by molar-refractivity contribution is -0.147. The second-order valence-corrected chi connectivity index (χ2v) is 5.20. The van der Waals surface area contributed by atoms with Crippen LogP contribution in [-0.2, 0) is 9.53 Å². The third kappa shape index (κ3) is 2.70. The average Bonchev–Trinajstić information content (AvgIpc) is 2.80. The minimum Gasteiger partial charge on any atom is -0.480 e. The lowest BCUT2D eigenvalue weighted by Gasteiger charge is -2.32. The van der Waals surface area contributed by atoms with Crippen LogP contribution >= 0.6 is 0 Å². The molecule has 1 saturated heterocycles. The fraction of sp³-hybridized carbons (Fsp3) is 0.571. The van der Waals surface area contributed by atoms with Crippen LogP contribution in [0.4, 0.5) is 0 Å². The van der Waals surface area contributed by atoms with Crippen LogP contribution < -0.4 is 0 Å². The van der Waals surface area contributed by atoms with Crippen molar-refractivity contribution < 1.29 is 23.8 Å². The number of carboxylic acid groups (broad SMARTS) is 1. The highest BCUT2D eigenvalue weighted by molar-refractivity contribution is 5.97. The Labute approximate surface area is 117 Å². The third-order valence-corrected chi connectivity index (χ3v) is 3.41. The first-order chi connectivity index (χ1) is 9.41. The van der Waals surface area contributed by atoms with Gasteiger partial charge in [-0.15, -0.1) is 0 Å². The molecule has 1 fully saturated rings. The molecule has 1 N–H and O–H groups in total. The summed E-state index contributed by atoms with van der Waals surface area (Å²) in [5, 5.41) is 9.17. The quantitative estimate of drug-likeness (QED) is 0.911. The molecule has 1 aromatic rings. The molecule has 0 saturated carbocycles. The smallest absolute Gasteiger partial charge is 0.328 e. The number of furan rings is 1. The number of carbonyl (C=O) groups is 2. The molecule has 6 nitrogen and oxygen atoms in total. The van der Waals surface area contributed by atoms with Crippen molar-refractivity contribution in [1.29, 1.82) is 0 Å². The molecular weight excluding hydrogens is 262 g/mol. The molecule has 6 heteroatoms. The van der Waals surface area contributed by atoms with E-state index in [9.17, 15) is 9.59 Å². The van der Waals surface area contributed by atoms with Crippen molar-refractivity contribution in [1.82, 2.24) is 4.90 Å². The Hall–Kier alpha value is -1.82. The van der Waals surface area contributed by atoms with Crippen LogP contribution in [0.5, 0.6) is 0 Å². The molecule has 1 aliphatic rings. The minimum atomic E-state index is -1.05. The van der Waals surface area contributed by atoms with Gasteiger partial charge in [-0.05, 0) is 13.0 Å². The van der Waals surface area contributed by atoms with Crippen LogP contribution in [0, 0.1) is 6.92 Å². The molecule has 0 aromatic carbocycles. The van der Waals surface area contributed by atoms with Crippen molar-refractivity contribution in [2.75, 3.05) is 19.8 Å². The number of morpholine rings is 1. The largest absolute Gasteiger partial charge is 0.480 e. The summed E-state index contributed by atoms with van der Waals surface area (Å²) < 4.78 is 10.7. The normalized spacial score (nSPS) is 19.4. The minimum absolute atomic E-state index is 0.0228. The molecule has 1 aromatic heterocycles. The highest BCUT2D eigenvalue weighted by Gasteiger charge is 2.34. The van der Waals surface area contributed by atoms with Gasteiger partial charge in [-0.2, -0.15) is 0 Å². The second-order valence-electron chi connectivity index (χ2n) is 5.20. The second kappa shape index (κ2) is 5.66. The topological polar surface area (TPSA) is 80.0 Å². The predicted molar refractivity (Wildman–Crippen MR) is 70.8 cm³/mol. The lowest BCUT2D eigenvalue weighted by atomic mass is 10.1. The fourth-order valence-corrected chi connectivity index (χ4v) is 2.21. The summed E-state index contributed by atoms with van der Waals surface area (Å²) in [7, 11) is 0. The van der Waals surface area contributed by atoms with E-state index in [0.29, 0.717) is 17.9 Å². The molecule has 0 spiro atoms. The van der Waals surface area contributed by atoms with Gasteiger partial charge in [0.15, 0.2) is 6.04 Å². The van der Waals surface area contributed by atoms with Crippen LogP contribution in [-0.4, -0.2) is 47.7 Å². The number of aliphatic carboxylic acids is 1. The predicted octanol–water partition coefficient (Wildman–Crippen LogP) is 1.64. The number of amides is 1. The fourth-order valence-electron chi connectivity index (χ4n) is 2.21. The monoisotopic (exact) mass is 281 g/mol. The Bertz CT molecular complexity index is 520. The molecule has 110 valence electrons. The molecule has 2 rings (SSSR count). The number of rotatable bonds is 3. The number of aryl methyl sites for hydroxylation is 1. The summed E-state index contributed by atoms with van der Waals surface area (Å²) in [6, 6.07) is 0.768. The average molecular weight is 281 g/mol. The number of hydrogen-bond acceptors (Lipinski definition) is 4. The van der Waals surface area contributed by atoms with Crippen LogP contribution in [0.15, 0.2) is 10.5 Å². The first-order valence-corrected chi connectivity index (χ1v) is 6.63. The zero-order valence-electron chi connectivity index (χ0n) is 11.9. The van der Waals surface area contributed by atoms with E-state index >= 15 is 0 Å². The molecule has 1 atom stereocenters. The van der Waals surface area contributed by atoms with E-state index in [4.69, 9.17) is 14.3 Å². The molecule has 2 heterocycles. The molecule has 0 bridgehead atoms. The summed E-state index contributed by atoms with van der Waals surface area (Å²) in [5.41, 5.74) is 0.432. The van der Waals surface area contributed by atoms with E-state index in [-0.39, 0.29) is 25.0 Å². The van der Waals surface area contributed by atoms with Gasteiger partial charge in [0.05, 0.1) is 18.8 Å². The van der Waals surface area contributed by atoms with Crippen molar-refractivity contribution in [2.45, 2.75) is 32.7 Å². The molecule has 20 heavy (non-hydrogen) atoms. The van der Waals surface area contributed by atoms with E-state index in [1.807, 2.05) is 13.8 Å². The van der Waals surface area contributed by atoms with Gasteiger partial charge in [-0.1, -0.05) is 13.8 Å². The van der Waals surface area contributed by atoms with E-state index in [1.54, 1.807) is 13.0 Å². The van der Waals surface area contributed by atoms with Crippen LogP contribution in [0.2, 0.25) is 0 Å². The summed E-state index contributed by atoms with van der Waals surface area (Å²) >= 11 is 0. The Kier molecular flexibility index (Phi) is 4.13. The first kappa shape index (κ1) is 14.6. The van der Waals surface area contributed by atoms with Crippen molar-refractivity contribution >= 4 is 11.9 Å². The van der Waals surface area contributed by atoms with Gasteiger partial charge in [0.1, 0.15) is 11.5 Å². The Morgan fingerprint density at radius 2 is 2.15 bits per heavy atom. The Morgan fingerprint density at radius 3 is 2.70 bits per heavy atom. The van der Waals surface area contributed by atoms with E-state index in [0.717, 1.165) is 5.76 Å². The number of carbonyl (C=O) groups excluding carboxylic acids is 1. The third-order valence-electron chi connectivity index (χ3n) is 3.41. The summed E-state index contributed by atoms with van der Waals surface area (Å²) in [4.78, 5) is 25.1. The van der Waals surface area contributed by atoms with E-state index in [1.165, 1.54) is 4.90 Å². The first-order valence-electron chi connectivity index (χ1n) is 6.63. The van der Waals surface area contributed by atoms with Crippen LogP contribution in [0.1, 0.15) is 41.6 Å². The van der Waals surface area contributed by atoms with Gasteiger partial charge < -0.3 is 19.2 Å². The van der Waals surface area contributed by atoms with Crippen LogP contribution in [0.25, 0.3) is 0 Å². The summed E-state index contributed by atoms with van der Waals surface area (Å²) in [5.74, 6) is 0.0626. The molecule has 0 radical (unpaired) electrons. The van der Waals surface area contributed by atoms with Crippen molar-refractivity contribution in [3.63, 3.8) is 0 Å².